The molecule has 0 aliphatic heterocycles. The lowest BCUT2D eigenvalue weighted by atomic mass is 10.3. The number of nitrogens with two attached hydrogens (primary N) is 1. The Morgan fingerprint density at radius 1 is 1.19 bits per heavy atom. The van der Waals surface area contributed by atoms with E-state index in [9.17, 15) is 12.8 Å². The first-order valence-corrected chi connectivity index (χ1v) is 8.46. The van der Waals surface area contributed by atoms with Gasteiger partial charge in [-0.2, -0.15) is 0 Å². The molecule has 3 N–H and O–H groups in total. The maximum atomic E-state index is 13.3. The highest BCUT2D eigenvalue weighted by molar-refractivity contribution is 9.10. The molecule has 0 radical (unpaired) electrons. The van der Waals surface area contributed by atoms with Gasteiger partial charge in [-0.1, -0.05) is 23.2 Å². The van der Waals surface area contributed by atoms with Crippen LogP contribution in [0, 0.1) is 5.82 Å². The molecule has 112 valence electrons. The van der Waals surface area contributed by atoms with Crippen molar-refractivity contribution in [1.82, 2.24) is 0 Å². The van der Waals surface area contributed by atoms with Crippen LogP contribution in [0.3, 0.4) is 0 Å². The lowest BCUT2D eigenvalue weighted by Crippen LogP contribution is -2.14. The molecular formula is C12H8BrCl2FN2O2S. The molecule has 2 aromatic rings. The van der Waals surface area contributed by atoms with Gasteiger partial charge in [-0.25, -0.2) is 12.8 Å². The number of anilines is 2. The number of hydrogen-bond acceptors (Lipinski definition) is 3. The monoisotopic (exact) mass is 412 g/mol. The molecule has 0 bridgehead atoms. The summed E-state index contributed by atoms with van der Waals surface area (Å²) in [4.78, 5) is -0.211. The van der Waals surface area contributed by atoms with E-state index in [-0.39, 0.29) is 25.8 Å². The van der Waals surface area contributed by atoms with Gasteiger partial charge in [-0.05, 0) is 46.3 Å². The van der Waals surface area contributed by atoms with E-state index >= 15 is 0 Å². The molecule has 0 unspecified atom stereocenters. The molecule has 0 amide bonds. The van der Waals surface area contributed by atoms with E-state index in [1.165, 1.54) is 18.2 Å². The number of nitrogen functional groups attached to an aromatic ring is 1. The van der Waals surface area contributed by atoms with Gasteiger partial charge < -0.3 is 5.73 Å². The van der Waals surface area contributed by atoms with Crippen molar-refractivity contribution in [3.63, 3.8) is 0 Å². The second-order valence-corrected chi connectivity index (χ2v) is 7.38. The summed E-state index contributed by atoms with van der Waals surface area (Å²) in [6.45, 7) is 0. The molecule has 2 rings (SSSR count). The molecule has 0 spiro atoms. The number of sulfonamides is 1. The third-order valence-electron chi connectivity index (χ3n) is 2.51. The highest BCUT2D eigenvalue weighted by Gasteiger charge is 2.21. The van der Waals surface area contributed by atoms with Crippen LogP contribution in [0.2, 0.25) is 10.0 Å². The first-order chi connectivity index (χ1) is 9.70. The lowest BCUT2D eigenvalue weighted by Gasteiger charge is -2.12. The maximum Gasteiger partial charge on any atom is 0.263 e. The lowest BCUT2D eigenvalue weighted by molar-refractivity contribution is 0.599. The van der Waals surface area contributed by atoms with Crippen LogP contribution in [-0.4, -0.2) is 8.42 Å². The average Bonchev–Trinajstić information content (AvgIpc) is 2.37. The summed E-state index contributed by atoms with van der Waals surface area (Å²) in [6, 6.07) is 6.33. The summed E-state index contributed by atoms with van der Waals surface area (Å²) < 4.78 is 40.3. The molecule has 9 heteroatoms. The molecule has 0 aliphatic carbocycles. The summed E-state index contributed by atoms with van der Waals surface area (Å²) in [5.41, 5.74) is 5.23. The number of benzene rings is 2. The average molecular weight is 414 g/mol. The third kappa shape index (κ3) is 3.60. The van der Waals surface area contributed by atoms with Crippen molar-refractivity contribution in [2.24, 2.45) is 0 Å². The standard InChI is InChI=1S/C12H8BrCl2FN2O2S/c13-7-4-9(16)10(17)5-12(7)21(19,20)18-11-3-6(14)1-2-8(11)15/h1-5,18H,17H2. The Morgan fingerprint density at radius 2 is 1.86 bits per heavy atom. The predicted octanol–water partition coefficient (Wildman–Crippen LogP) is 4.28. The fourth-order valence-electron chi connectivity index (χ4n) is 1.53. The Balaban J connectivity index is 2.48. The molecular weight excluding hydrogens is 406 g/mol. The van der Waals surface area contributed by atoms with Crippen LogP contribution in [0.15, 0.2) is 39.7 Å². The largest absolute Gasteiger partial charge is 0.396 e. The van der Waals surface area contributed by atoms with Crippen molar-refractivity contribution < 1.29 is 12.8 Å². The molecule has 0 aliphatic rings. The zero-order valence-electron chi connectivity index (χ0n) is 10.2. The Labute approximate surface area is 139 Å². The summed E-state index contributed by atoms with van der Waals surface area (Å²) in [5.74, 6) is -0.721. The van der Waals surface area contributed by atoms with Crippen LogP contribution < -0.4 is 10.5 Å². The fourth-order valence-corrected chi connectivity index (χ4v) is 4.04. The van der Waals surface area contributed by atoms with E-state index in [1.807, 2.05) is 0 Å². The molecule has 2 aromatic carbocycles. The SMILES string of the molecule is Nc1cc(S(=O)(=O)Nc2cc(Cl)ccc2Cl)c(Br)cc1F. The molecule has 4 nitrogen and oxygen atoms in total. The highest BCUT2D eigenvalue weighted by atomic mass is 79.9. The van der Waals surface area contributed by atoms with Crippen LogP contribution in [0.25, 0.3) is 0 Å². The van der Waals surface area contributed by atoms with Gasteiger partial charge in [0.2, 0.25) is 0 Å². The summed E-state index contributed by atoms with van der Waals surface area (Å²) in [7, 11) is -4.01. The Kier molecular flexibility index (Phi) is 4.67. The molecule has 0 atom stereocenters. The van der Waals surface area contributed by atoms with Crippen molar-refractivity contribution in [2.75, 3.05) is 10.5 Å². The van der Waals surface area contributed by atoms with Crippen LogP contribution >= 0.6 is 39.1 Å². The second-order valence-electron chi connectivity index (χ2n) is 4.03. The van der Waals surface area contributed by atoms with E-state index in [0.29, 0.717) is 5.02 Å². The summed E-state index contributed by atoms with van der Waals surface area (Å²) >= 11 is 14.7. The minimum Gasteiger partial charge on any atom is -0.396 e. The van der Waals surface area contributed by atoms with Gasteiger partial charge in [-0.15, -0.1) is 0 Å². The zero-order chi connectivity index (χ0) is 15.8. The zero-order valence-corrected chi connectivity index (χ0v) is 14.1. The Bertz CT molecular complexity index is 815. The smallest absolute Gasteiger partial charge is 0.263 e. The van der Waals surface area contributed by atoms with Crippen molar-refractivity contribution in [3.8, 4) is 0 Å². The topological polar surface area (TPSA) is 72.2 Å². The van der Waals surface area contributed by atoms with Crippen molar-refractivity contribution >= 4 is 60.5 Å². The normalized spacial score (nSPS) is 11.4. The van der Waals surface area contributed by atoms with E-state index < -0.39 is 15.8 Å². The van der Waals surface area contributed by atoms with Crippen LogP contribution in [0.1, 0.15) is 0 Å². The quantitative estimate of drug-likeness (QED) is 0.737. The highest BCUT2D eigenvalue weighted by Crippen LogP contribution is 2.31. The minimum atomic E-state index is -4.01. The van der Waals surface area contributed by atoms with Crippen molar-refractivity contribution in [2.45, 2.75) is 4.90 Å². The van der Waals surface area contributed by atoms with Gasteiger partial charge in [-0.3, -0.25) is 4.72 Å². The van der Waals surface area contributed by atoms with E-state index in [4.69, 9.17) is 28.9 Å². The predicted molar refractivity (Wildman–Crippen MR) is 85.8 cm³/mol. The molecule has 0 saturated carbocycles. The number of nitrogens with one attached hydrogen (secondary N) is 1. The van der Waals surface area contributed by atoms with Crippen LogP contribution in [-0.2, 0) is 10.0 Å². The van der Waals surface area contributed by atoms with Gasteiger partial charge in [0.15, 0.2) is 0 Å². The van der Waals surface area contributed by atoms with Gasteiger partial charge in [0, 0.05) is 9.50 Å². The van der Waals surface area contributed by atoms with E-state index in [0.717, 1.165) is 12.1 Å². The fraction of sp³-hybridized carbons (Fsp3) is 0. The number of rotatable bonds is 3. The third-order valence-corrected chi connectivity index (χ3v) is 5.40. The number of hydrogen-bond donors (Lipinski definition) is 2. The second kappa shape index (κ2) is 6.00. The van der Waals surface area contributed by atoms with Crippen molar-refractivity contribution in [1.29, 1.82) is 0 Å². The van der Waals surface area contributed by atoms with Crippen molar-refractivity contribution in [3.05, 3.63) is 50.7 Å². The molecule has 0 saturated heterocycles. The van der Waals surface area contributed by atoms with Gasteiger partial charge >= 0.3 is 0 Å². The molecule has 0 aromatic heterocycles. The summed E-state index contributed by atoms with van der Waals surface area (Å²) in [6.07, 6.45) is 0. The molecule has 0 heterocycles. The van der Waals surface area contributed by atoms with E-state index in [1.54, 1.807) is 0 Å². The van der Waals surface area contributed by atoms with Gasteiger partial charge in [0.1, 0.15) is 10.7 Å². The number of halogens is 4. The van der Waals surface area contributed by atoms with Crippen LogP contribution in [0.5, 0.6) is 0 Å². The Hall–Kier alpha value is -1.02. The minimum absolute atomic E-state index is 0.0415. The van der Waals surface area contributed by atoms with E-state index in [2.05, 4.69) is 20.7 Å². The van der Waals surface area contributed by atoms with Gasteiger partial charge in [0.05, 0.1) is 16.4 Å². The summed E-state index contributed by atoms with van der Waals surface area (Å²) in [5, 5.41) is 0.490. The molecule has 0 fully saturated rings. The van der Waals surface area contributed by atoms with Crippen LogP contribution in [0.4, 0.5) is 15.8 Å². The first kappa shape index (κ1) is 16.4. The molecule has 21 heavy (non-hydrogen) atoms. The first-order valence-electron chi connectivity index (χ1n) is 5.43. The maximum absolute atomic E-state index is 13.3. The Morgan fingerprint density at radius 3 is 2.52 bits per heavy atom. The van der Waals surface area contributed by atoms with Gasteiger partial charge in [0.25, 0.3) is 10.0 Å².